The molecule has 2 aromatic rings. The van der Waals surface area contributed by atoms with Crippen LogP contribution in [0.1, 0.15) is 41.4 Å². The molecule has 22 heavy (non-hydrogen) atoms. The van der Waals surface area contributed by atoms with Gasteiger partial charge in [-0.1, -0.05) is 13.0 Å². The lowest BCUT2D eigenvalue weighted by Crippen LogP contribution is -2.33. The van der Waals surface area contributed by atoms with Crippen LogP contribution in [0.3, 0.4) is 0 Å². The van der Waals surface area contributed by atoms with Crippen LogP contribution in [0.15, 0.2) is 18.2 Å². The molecule has 1 saturated heterocycles. The number of nitrogens with one attached hydrogen (secondary N) is 1. The molecule has 0 radical (unpaired) electrons. The SMILES string of the molecule is CCc1ccc2c(c1)c(C)c(C(=O)NC[C@@H]1CCCO1)n2C. The summed E-state index contributed by atoms with van der Waals surface area (Å²) in [4.78, 5) is 12.6. The number of hydrogen-bond donors (Lipinski definition) is 1. The summed E-state index contributed by atoms with van der Waals surface area (Å²) in [5, 5.41) is 4.20. The van der Waals surface area contributed by atoms with Crippen LogP contribution < -0.4 is 5.32 Å². The van der Waals surface area contributed by atoms with Crippen molar-refractivity contribution in [3.05, 3.63) is 35.0 Å². The van der Waals surface area contributed by atoms with Crippen molar-refractivity contribution >= 4 is 16.8 Å². The highest BCUT2D eigenvalue weighted by Crippen LogP contribution is 2.26. The summed E-state index contributed by atoms with van der Waals surface area (Å²) >= 11 is 0. The van der Waals surface area contributed by atoms with Gasteiger partial charge < -0.3 is 14.6 Å². The van der Waals surface area contributed by atoms with Gasteiger partial charge in [-0.25, -0.2) is 0 Å². The number of ether oxygens (including phenoxy) is 1. The maximum absolute atomic E-state index is 12.6. The van der Waals surface area contributed by atoms with Gasteiger partial charge in [-0.15, -0.1) is 0 Å². The minimum Gasteiger partial charge on any atom is -0.376 e. The van der Waals surface area contributed by atoms with Crippen molar-refractivity contribution in [1.29, 1.82) is 0 Å². The second kappa shape index (κ2) is 6.13. The average Bonchev–Trinajstić information content (AvgIpc) is 3.13. The molecule has 1 aromatic heterocycles. The molecule has 1 fully saturated rings. The van der Waals surface area contributed by atoms with Gasteiger partial charge in [-0.3, -0.25) is 4.79 Å². The van der Waals surface area contributed by atoms with Gasteiger partial charge in [0, 0.05) is 31.1 Å². The van der Waals surface area contributed by atoms with Crippen LogP contribution in [0.25, 0.3) is 10.9 Å². The van der Waals surface area contributed by atoms with Gasteiger partial charge in [0.25, 0.3) is 5.91 Å². The third-order valence-electron chi connectivity index (χ3n) is 4.65. The molecule has 0 bridgehead atoms. The monoisotopic (exact) mass is 300 g/mol. The third-order valence-corrected chi connectivity index (χ3v) is 4.65. The molecule has 1 aliphatic heterocycles. The van der Waals surface area contributed by atoms with Crippen molar-refractivity contribution in [3.63, 3.8) is 0 Å². The van der Waals surface area contributed by atoms with Crippen molar-refractivity contribution in [3.8, 4) is 0 Å². The largest absolute Gasteiger partial charge is 0.376 e. The number of nitrogens with zero attached hydrogens (tertiary/aromatic N) is 1. The maximum atomic E-state index is 12.6. The number of aryl methyl sites for hydroxylation is 3. The zero-order valence-electron chi connectivity index (χ0n) is 13.6. The smallest absolute Gasteiger partial charge is 0.268 e. The Morgan fingerprint density at radius 3 is 2.95 bits per heavy atom. The molecule has 1 atom stereocenters. The molecular formula is C18H24N2O2. The Morgan fingerprint density at radius 2 is 2.27 bits per heavy atom. The fraction of sp³-hybridized carbons (Fsp3) is 0.500. The van der Waals surface area contributed by atoms with Crippen molar-refractivity contribution in [2.45, 2.75) is 39.2 Å². The lowest BCUT2D eigenvalue weighted by atomic mass is 10.1. The molecule has 4 heteroatoms. The molecule has 1 aromatic carbocycles. The Morgan fingerprint density at radius 1 is 1.45 bits per heavy atom. The number of fused-ring (bicyclic) bond motifs is 1. The minimum atomic E-state index is -0.00949. The first-order chi connectivity index (χ1) is 10.6. The van der Waals surface area contributed by atoms with Crippen LogP contribution in [-0.4, -0.2) is 29.7 Å². The zero-order valence-corrected chi connectivity index (χ0v) is 13.6. The second-order valence-corrected chi connectivity index (χ2v) is 6.08. The number of carbonyl (C=O) groups excluding carboxylic acids is 1. The van der Waals surface area contributed by atoms with E-state index in [2.05, 4.69) is 30.4 Å². The van der Waals surface area contributed by atoms with E-state index in [1.807, 2.05) is 18.5 Å². The van der Waals surface area contributed by atoms with Crippen LogP contribution in [0.2, 0.25) is 0 Å². The predicted molar refractivity (Wildman–Crippen MR) is 88.3 cm³/mol. The number of aromatic nitrogens is 1. The summed E-state index contributed by atoms with van der Waals surface area (Å²) in [6.07, 6.45) is 3.30. The average molecular weight is 300 g/mol. The van der Waals surface area contributed by atoms with Gasteiger partial charge in [-0.05, 0) is 49.4 Å². The van der Waals surface area contributed by atoms with E-state index < -0.39 is 0 Å². The van der Waals surface area contributed by atoms with Gasteiger partial charge in [0.05, 0.1) is 6.10 Å². The highest BCUT2D eigenvalue weighted by Gasteiger charge is 2.21. The van der Waals surface area contributed by atoms with E-state index in [1.54, 1.807) is 0 Å². The summed E-state index contributed by atoms with van der Waals surface area (Å²) in [7, 11) is 1.96. The molecule has 1 N–H and O–H groups in total. The van der Waals surface area contributed by atoms with Crippen LogP contribution >= 0.6 is 0 Å². The number of carbonyl (C=O) groups is 1. The first-order valence-corrected chi connectivity index (χ1v) is 8.09. The molecule has 1 aliphatic rings. The third kappa shape index (κ3) is 2.63. The Hall–Kier alpha value is -1.81. The Bertz CT molecular complexity index is 697. The summed E-state index contributed by atoms with van der Waals surface area (Å²) < 4.78 is 7.56. The fourth-order valence-corrected chi connectivity index (χ4v) is 3.31. The standard InChI is InChI=1S/C18H24N2O2/c1-4-13-7-8-16-15(10-13)12(2)17(20(16)3)18(21)19-11-14-6-5-9-22-14/h7-8,10,14H,4-6,9,11H2,1-3H3,(H,19,21)/t14-/m0/s1. The first-order valence-electron chi connectivity index (χ1n) is 8.09. The lowest BCUT2D eigenvalue weighted by Gasteiger charge is -2.12. The number of amides is 1. The summed E-state index contributed by atoms with van der Waals surface area (Å²) in [5.74, 6) is -0.00949. The summed E-state index contributed by atoms with van der Waals surface area (Å²) in [6.45, 7) is 5.59. The quantitative estimate of drug-likeness (QED) is 0.943. The molecule has 0 saturated carbocycles. The van der Waals surface area contributed by atoms with Crippen LogP contribution in [-0.2, 0) is 18.2 Å². The van der Waals surface area contributed by atoms with Crippen molar-refractivity contribution in [1.82, 2.24) is 9.88 Å². The van der Waals surface area contributed by atoms with E-state index in [9.17, 15) is 4.79 Å². The minimum absolute atomic E-state index is 0.00949. The molecule has 0 spiro atoms. The van der Waals surface area contributed by atoms with E-state index in [-0.39, 0.29) is 12.0 Å². The molecule has 2 heterocycles. The number of benzene rings is 1. The maximum Gasteiger partial charge on any atom is 0.268 e. The van der Waals surface area contributed by atoms with Crippen molar-refractivity contribution in [2.24, 2.45) is 7.05 Å². The van der Waals surface area contributed by atoms with E-state index in [4.69, 9.17) is 4.74 Å². The molecule has 0 aliphatic carbocycles. The molecular weight excluding hydrogens is 276 g/mol. The Labute approximate surface area is 131 Å². The normalized spacial score (nSPS) is 18.0. The van der Waals surface area contributed by atoms with E-state index >= 15 is 0 Å². The Balaban J connectivity index is 1.87. The van der Waals surface area contributed by atoms with E-state index in [1.165, 1.54) is 10.9 Å². The van der Waals surface area contributed by atoms with Gasteiger partial charge in [-0.2, -0.15) is 0 Å². The Kier molecular flexibility index (Phi) is 4.21. The van der Waals surface area contributed by atoms with Crippen molar-refractivity contribution in [2.75, 3.05) is 13.2 Å². The summed E-state index contributed by atoms with van der Waals surface area (Å²) in [6, 6.07) is 6.44. The van der Waals surface area contributed by atoms with Gasteiger partial charge in [0.15, 0.2) is 0 Å². The lowest BCUT2D eigenvalue weighted by molar-refractivity contribution is 0.0851. The van der Waals surface area contributed by atoms with E-state index in [0.717, 1.165) is 42.6 Å². The molecule has 3 rings (SSSR count). The number of hydrogen-bond acceptors (Lipinski definition) is 2. The highest BCUT2D eigenvalue weighted by atomic mass is 16.5. The van der Waals surface area contributed by atoms with Crippen LogP contribution in [0.4, 0.5) is 0 Å². The predicted octanol–water partition coefficient (Wildman–Crippen LogP) is 2.96. The fourth-order valence-electron chi connectivity index (χ4n) is 3.31. The van der Waals surface area contributed by atoms with Crippen LogP contribution in [0.5, 0.6) is 0 Å². The van der Waals surface area contributed by atoms with E-state index in [0.29, 0.717) is 6.54 Å². The second-order valence-electron chi connectivity index (χ2n) is 6.08. The topological polar surface area (TPSA) is 43.3 Å². The van der Waals surface area contributed by atoms with Gasteiger partial charge in [0.1, 0.15) is 5.69 Å². The molecule has 4 nitrogen and oxygen atoms in total. The van der Waals surface area contributed by atoms with Crippen molar-refractivity contribution < 1.29 is 9.53 Å². The van der Waals surface area contributed by atoms with Gasteiger partial charge >= 0.3 is 0 Å². The first kappa shape index (κ1) is 15.1. The summed E-state index contributed by atoms with van der Waals surface area (Å²) in [5.41, 5.74) is 4.21. The molecule has 0 unspecified atom stereocenters. The molecule has 118 valence electrons. The zero-order chi connectivity index (χ0) is 15.7. The van der Waals surface area contributed by atoms with Crippen LogP contribution in [0, 0.1) is 6.92 Å². The van der Waals surface area contributed by atoms with Gasteiger partial charge in [0.2, 0.25) is 0 Å². The number of rotatable bonds is 4. The molecule has 1 amide bonds. The highest BCUT2D eigenvalue weighted by molar-refractivity contribution is 6.01.